The number of para-hydroxylation sites is 1. The monoisotopic (exact) mass is 739 g/mol. The van der Waals surface area contributed by atoms with Crippen LogP contribution >= 0.6 is 0 Å². The maximum Gasteiger partial charge on any atom is 0.144 e. The summed E-state index contributed by atoms with van der Waals surface area (Å²) in [5.41, 5.74) is 16.1. The average Bonchev–Trinajstić information content (AvgIpc) is 3.83. The molecule has 1 aliphatic rings. The smallest absolute Gasteiger partial charge is 0.144 e. The highest BCUT2D eigenvalue weighted by Crippen LogP contribution is 2.57. The molecule has 0 amide bonds. The van der Waals surface area contributed by atoms with Crippen LogP contribution in [-0.4, -0.2) is 15.0 Å². The summed E-state index contributed by atoms with van der Waals surface area (Å²) in [6.07, 6.45) is 7.49. The Morgan fingerprint density at radius 1 is 0.414 bits per heavy atom. The average molecular weight is 740 g/mol. The molecule has 0 aliphatic heterocycles. The molecule has 0 spiro atoms. The van der Waals surface area contributed by atoms with E-state index in [0.717, 1.165) is 77.1 Å². The first-order chi connectivity index (χ1) is 28.8. The molecule has 4 heteroatoms. The Morgan fingerprint density at radius 2 is 1.03 bits per heavy atom. The molecule has 0 saturated heterocycles. The number of hydrogen-bond donors (Lipinski definition) is 0. The molecule has 4 aromatic heterocycles. The SMILES string of the molecule is c1ccc(C2(c3ccccc3)c3cc(-c4ccc(-c5nc6ccncc6c6c5ccc5c7ccccc7oc56)cc4)ccc3-c3ccc(-c4cccnc4)cc32)cc1. The summed E-state index contributed by atoms with van der Waals surface area (Å²) in [4.78, 5) is 14.2. The zero-order valence-electron chi connectivity index (χ0n) is 31.3. The zero-order valence-corrected chi connectivity index (χ0v) is 31.3. The fraction of sp³-hybridized carbons (Fsp3) is 0.0185. The molecule has 0 N–H and O–H groups in total. The number of rotatable bonds is 5. The van der Waals surface area contributed by atoms with Gasteiger partial charge >= 0.3 is 0 Å². The summed E-state index contributed by atoms with van der Waals surface area (Å²) >= 11 is 0. The maximum atomic E-state index is 6.55. The van der Waals surface area contributed by atoms with Crippen molar-refractivity contribution >= 4 is 43.6 Å². The first-order valence-corrected chi connectivity index (χ1v) is 19.6. The zero-order chi connectivity index (χ0) is 38.2. The van der Waals surface area contributed by atoms with Crippen LogP contribution in [0.5, 0.6) is 0 Å². The van der Waals surface area contributed by atoms with Crippen molar-refractivity contribution in [1.82, 2.24) is 15.0 Å². The Bertz CT molecular complexity index is 3330. The van der Waals surface area contributed by atoms with Gasteiger partial charge in [-0.15, -0.1) is 0 Å². The van der Waals surface area contributed by atoms with Gasteiger partial charge in [-0.2, -0.15) is 0 Å². The summed E-state index contributed by atoms with van der Waals surface area (Å²) in [5.74, 6) is 0. The van der Waals surface area contributed by atoms with Crippen LogP contribution in [0.4, 0.5) is 0 Å². The highest BCUT2D eigenvalue weighted by molar-refractivity contribution is 6.24. The molecule has 0 bridgehead atoms. The summed E-state index contributed by atoms with van der Waals surface area (Å²) < 4.78 is 6.55. The lowest BCUT2D eigenvalue weighted by atomic mass is 9.67. The lowest BCUT2D eigenvalue weighted by molar-refractivity contribution is 0.673. The quantitative estimate of drug-likeness (QED) is 0.165. The Labute approximate surface area is 334 Å². The van der Waals surface area contributed by atoms with Crippen molar-refractivity contribution < 1.29 is 4.42 Å². The van der Waals surface area contributed by atoms with E-state index in [0.29, 0.717) is 0 Å². The summed E-state index contributed by atoms with van der Waals surface area (Å²) in [6.45, 7) is 0. The first-order valence-electron chi connectivity index (χ1n) is 19.6. The van der Waals surface area contributed by atoms with E-state index in [-0.39, 0.29) is 0 Å². The molecule has 270 valence electrons. The van der Waals surface area contributed by atoms with Crippen LogP contribution in [0.1, 0.15) is 22.3 Å². The Morgan fingerprint density at radius 3 is 1.74 bits per heavy atom. The molecular weight excluding hydrogens is 707 g/mol. The van der Waals surface area contributed by atoms with E-state index in [4.69, 9.17) is 9.40 Å². The number of pyridine rings is 3. The van der Waals surface area contributed by atoms with Crippen molar-refractivity contribution in [1.29, 1.82) is 0 Å². The molecule has 1 aliphatic carbocycles. The van der Waals surface area contributed by atoms with Crippen LogP contribution in [0.25, 0.3) is 88.3 Å². The molecule has 58 heavy (non-hydrogen) atoms. The molecule has 0 radical (unpaired) electrons. The van der Waals surface area contributed by atoms with Gasteiger partial charge in [0, 0.05) is 57.3 Å². The molecule has 0 unspecified atom stereocenters. The van der Waals surface area contributed by atoms with Gasteiger partial charge in [0.25, 0.3) is 0 Å². The Balaban J connectivity index is 1.03. The van der Waals surface area contributed by atoms with E-state index in [9.17, 15) is 0 Å². The van der Waals surface area contributed by atoms with Gasteiger partial charge in [0.15, 0.2) is 0 Å². The molecule has 11 aromatic rings. The molecule has 0 atom stereocenters. The van der Waals surface area contributed by atoms with Gasteiger partial charge in [-0.05, 0) is 92.0 Å². The van der Waals surface area contributed by atoms with E-state index < -0.39 is 5.41 Å². The number of nitrogens with zero attached hydrogens (tertiary/aromatic N) is 3. The van der Waals surface area contributed by atoms with Crippen molar-refractivity contribution in [2.45, 2.75) is 5.41 Å². The highest BCUT2D eigenvalue weighted by Gasteiger charge is 2.46. The van der Waals surface area contributed by atoms with E-state index in [2.05, 4.69) is 162 Å². The second-order valence-electron chi connectivity index (χ2n) is 15.1. The third-order valence-corrected chi connectivity index (χ3v) is 12.1. The first kappa shape index (κ1) is 32.5. The van der Waals surface area contributed by atoms with Gasteiger partial charge in [-0.1, -0.05) is 140 Å². The molecular formula is C54H33N3O. The number of hydrogen-bond acceptors (Lipinski definition) is 4. The standard InChI is InChI=1S/C54H33N3O/c1-3-11-39(12-4-1)54(40-13-5-2-6-14-40)47-30-36(21-23-41(47)42-24-22-37(31-48(42)54)38-10-9-28-55-32-38)34-17-19-35(20-18-34)52-45-26-25-44-43-15-7-8-16-50(43)58-53(44)51(45)46-33-56-29-27-49(46)57-52/h1-33H. The fourth-order valence-corrected chi connectivity index (χ4v) is 9.53. The minimum absolute atomic E-state index is 0.536. The predicted molar refractivity (Wildman–Crippen MR) is 236 cm³/mol. The molecule has 7 aromatic carbocycles. The number of fused-ring (bicyclic) bond motifs is 10. The lowest BCUT2D eigenvalue weighted by Crippen LogP contribution is -2.28. The van der Waals surface area contributed by atoms with Gasteiger partial charge < -0.3 is 4.42 Å². The normalized spacial score (nSPS) is 13.0. The van der Waals surface area contributed by atoms with Crippen LogP contribution in [0, 0.1) is 0 Å². The van der Waals surface area contributed by atoms with Gasteiger partial charge in [-0.25, -0.2) is 4.98 Å². The number of aromatic nitrogens is 3. The summed E-state index contributed by atoms with van der Waals surface area (Å²) in [7, 11) is 0. The van der Waals surface area contributed by atoms with Crippen LogP contribution < -0.4 is 0 Å². The van der Waals surface area contributed by atoms with Crippen molar-refractivity contribution in [2.75, 3.05) is 0 Å². The highest BCUT2D eigenvalue weighted by atomic mass is 16.3. The molecule has 12 rings (SSSR count). The predicted octanol–water partition coefficient (Wildman–Crippen LogP) is 13.4. The van der Waals surface area contributed by atoms with E-state index >= 15 is 0 Å². The van der Waals surface area contributed by atoms with Gasteiger partial charge in [0.1, 0.15) is 11.2 Å². The second-order valence-corrected chi connectivity index (χ2v) is 15.1. The van der Waals surface area contributed by atoms with Gasteiger partial charge in [-0.3, -0.25) is 9.97 Å². The Kier molecular flexibility index (Phi) is 7.11. The number of benzene rings is 7. The summed E-state index contributed by atoms with van der Waals surface area (Å²) in [6, 6.07) is 63.5. The second kappa shape index (κ2) is 12.7. The molecule has 0 saturated carbocycles. The minimum atomic E-state index is -0.536. The largest absolute Gasteiger partial charge is 0.455 e. The number of furan rings is 1. The van der Waals surface area contributed by atoms with Gasteiger partial charge in [0.2, 0.25) is 0 Å². The fourth-order valence-electron chi connectivity index (χ4n) is 9.53. The topological polar surface area (TPSA) is 51.8 Å². The molecule has 4 heterocycles. The van der Waals surface area contributed by atoms with E-state index in [1.165, 1.54) is 33.4 Å². The minimum Gasteiger partial charge on any atom is -0.455 e. The van der Waals surface area contributed by atoms with Crippen molar-refractivity contribution in [3.8, 4) is 44.6 Å². The van der Waals surface area contributed by atoms with Crippen molar-refractivity contribution in [3.05, 3.63) is 223 Å². The third kappa shape index (κ3) is 4.72. The van der Waals surface area contributed by atoms with Crippen LogP contribution in [0.15, 0.2) is 205 Å². The van der Waals surface area contributed by atoms with Crippen molar-refractivity contribution in [3.63, 3.8) is 0 Å². The third-order valence-electron chi connectivity index (χ3n) is 12.1. The maximum absolute atomic E-state index is 6.55. The summed E-state index contributed by atoms with van der Waals surface area (Å²) in [5, 5.41) is 5.25. The van der Waals surface area contributed by atoms with Crippen molar-refractivity contribution in [2.24, 2.45) is 0 Å². The van der Waals surface area contributed by atoms with E-state index in [1.54, 1.807) is 0 Å². The van der Waals surface area contributed by atoms with Crippen LogP contribution in [0.2, 0.25) is 0 Å². The van der Waals surface area contributed by atoms with E-state index in [1.807, 2.05) is 49.1 Å². The van der Waals surface area contributed by atoms with Crippen LogP contribution in [0.3, 0.4) is 0 Å². The lowest BCUT2D eigenvalue weighted by Gasteiger charge is -2.34. The van der Waals surface area contributed by atoms with Crippen LogP contribution in [-0.2, 0) is 5.41 Å². The molecule has 0 fully saturated rings. The Hall–Kier alpha value is -7.69. The van der Waals surface area contributed by atoms with Gasteiger partial charge in [0.05, 0.1) is 16.6 Å². The molecule has 4 nitrogen and oxygen atoms in total.